The molecule has 6 aliphatic rings. The number of benzene rings is 15. The van der Waals surface area contributed by atoms with Gasteiger partial charge in [0.05, 0.1) is 17.1 Å². The van der Waals surface area contributed by atoms with E-state index in [-0.39, 0.29) is 24.3 Å². The summed E-state index contributed by atoms with van der Waals surface area (Å²) >= 11 is 0. The molecule has 0 unspecified atom stereocenters. The van der Waals surface area contributed by atoms with Gasteiger partial charge in [-0.25, -0.2) is 0 Å². The third kappa shape index (κ3) is 13.6. The van der Waals surface area contributed by atoms with Crippen molar-refractivity contribution >= 4 is 155 Å². The molecule has 0 amide bonds. The van der Waals surface area contributed by atoms with Crippen molar-refractivity contribution in [1.29, 1.82) is 0 Å². The summed E-state index contributed by atoms with van der Waals surface area (Å²) in [5.41, 5.74) is 46.2. The molecule has 0 aromatic heterocycles. The Labute approximate surface area is 745 Å². The van der Waals surface area contributed by atoms with Crippen LogP contribution in [0.1, 0.15) is 142 Å². The van der Waals surface area contributed by atoms with E-state index in [1.54, 1.807) is 0 Å². The van der Waals surface area contributed by atoms with Gasteiger partial charge in [-0.05, 0) is 387 Å². The Morgan fingerprint density at radius 2 is 0.421 bits per heavy atom. The lowest BCUT2D eigenvalue weighted by Crippen LogP contribution is -2.64. The molecule has 0 spiro atoms. The highest BCUT2D eigenvalue weighted by atomic mass is 16.5. The highest BCUT2D eigenvalue weighted by Gasteiger charge is 2.51. The number of ether oxygens (including phenoxy) is 4. The Hall–Kier alpha value is -13.3. The van der Waals surface area contributed by atoms with E-state index in [2.05, 4.69) is 419 Å². The summed E-state index contributed by atoms with van der Waals surface area (Å²) in [6.45, 7) is 48.2. The first kappa shape index (κ1) is 79.8. The van der Waals surface area contributed by atoms with Crippen LogP contribution in [-0.4, -0.2) is 20.1 Å². The van der Waals surface area contributed by atoms with Crippen molar-refractivity contribution in [2.75, 3.05) is 24.5 Å². The number of hydrogen-bond donors (Lipinski definition) is 0. The summed E-state index contributed by atoms with van der Waals surface area (Å²) in [4.78, 5) is 12.4. The Kier molecular flexibility index (Phi) is 18.5. The van der Waals surface area contributed by atoms with E-state index in [1.165, 1.54) is 77.9 Å². The van der Waals surface area contributed by atoms with Crippen molar-refractivity contribution in [2.45, 2.75) is 163 Å². The molecule has 6 heterocycles. The van der Waals surface area contributed by atoms with Crippen LogP contribution in [0.25, 0.3) is 0 Å². The zero-order valence-corrected chi connectivity index (χ0v) is 76.7. The molecule has 0 N–H and O–H groups in total. The third-order valence-corrected chi connectivity index (χ3v) is 26.4. The Morgan fingerprint density at radius 1 is 0.198 bits per heavy atom. The van der Waals surface area contributed by atoms with Crippen LogP contribution in [0.3, 0.4) is 0 Å². The van der Waals surface area contributed by atoms with Crippen molar-refractivity contribution < 1.29 is 18.9 Å². The van der Waals surface area contributed by atoms with Crippen LogP contribution in [0.5, 0.6) is 46.0 Å². The number of aryl methyl sites for hydroxylation is 16. The molecule has 15 aromatic carbocycles. The maximum atomic E-state index is 8.09. The van der Waals surface area contributed by atoms with Crippen LogP contribution in [0.15, 0.2) is 243 Å². The van der Waals surface area contributed by atoms with Gasteiger partial charge in [-0.1, -0.05) is 126 Å². The molecule has 0 saturated carbocycles. The lowest BCUT2D eigenvalue weighted by molar-refractivity contribution is 0.465. The molecule has 15 aromatic rings. The summed E-state index contributed by atoms with van der Waals surface area (Å²) in [5, 5.41) is 0. The fraction of sp³-hybridized carbons (Fsp3) is 0.211. The second kappa shape index (κ2) is 29.1. The predicted molar refractivity (Wildman–Crippen MR) is 533 cm³/mol. The van der Waals surface area contributed by atoms with Gasteiger partial charge in [0.2, 0.25) is 0 Å². The Balaban J connectivity index is 0.867. The highest BCUT2D eigenvalue weighted by Crippen LogP contribution is 2.53. The standard InChI is InChI=1S/C114H106B3N5O4/c1-63-27-64(2)36-81(35-63)118(82-37-65(3)28-66(4)38-82)89-53-100-110-106(55-89)123-102-25-23-79(113(17,18)19)51-94(102)115(110)92-59-96-104(61-98(92)121(100)87-47-75(13)33-76(14)48-87)125-108-57-91(120(85-43-71(9)31-72(10)44-85)86-45-73(11)32-74(12)46-86)58-109-112(108)117(96)97-60-93-99(62-105(97)126-109)122(88-49-77(15)34-78(16)50-88)101-54-90(56-107-111(101)116(93)95-52-80(114(20,21)22)24-26-103(95)124-107)119(83-39-67(5)29-68(6)40-83)84-41-69(7)30-70(8)42-84/h23-62H,1-22H3. The van der Waals surface area contributed by atoms with Gasteiger partial charge in [0.1, 0.15) is 46.0 Å². The monoisotopic (exact) mass is 1640 g/mol. The molecule has 620 valence electrons. The van der Waals surface area contributed by atoms with Gasteiger partial charge in [-0.3, -0.25) is 0 Å². The molecule has 0 saturated heterocycles. The van der Waals surface area contributed by atoms with Gasteiger partial charge < -0.3 is 43.4 Å². The van der Waals surface area contributed by atoms with Crippen molar-refractivity contribution in [3.8, 4) is 46.0 Å². The third-order valence-electron chi connectivity index (χ3n) is 26.4. The fourth-order valence-corrected chi connectivity index (χ4v) is 21.8. The van der Waals surface area contributed by atoms with Gasteiger partial charge in [-0.2, -0.15) is 0 Å². The molecule has 0 fully saturated rings. The molecule has 9 nitrogen and oxygen atoms in total. The largest absolute Gasteiger partial charge is 0.458 e. The quantitative estimate of drug-likeness (QED) is 0.118. The molecular weight excluding hydrogens is 1540 g/mol. The zero-order chi connectivity index (χ0) is 87.6. The predicted octanol–water partition coefficient (Wildman–Crippen LogP) is 25.2. The fourth-order valence-electron chi connectivity index (χ4n) is 21.8. The van der Waals surface area contributed by atoms with E-state index < -0.39 is 6.71 Å². The minimum atomic E-state index is -0.437. The maximum absolute atomic E-state index is 8.09. The van der Waals surface area contributed by atoms with E-state index in [4.69, 9.17) is 18.9 Å². The highest BCUT2D eigenvalue weighted by molar-refractivity contribution is 7.03. The van der Waals surface area contributed by atoms with Crippen LogP contribution >= 0.6 is 0 Å². The van der Waals surface area contributed by atoms with E-state index >= 15 is 0 Å². The van der Waals surface area contributed by atoms with Gasteiger partial charge in [0.15, 0.2) is 0 Å². The molecule has 0 radical (unpaired) electrons. The van der Waals surface area contributed by atoms with Gasteiger partial charge in [-0.15, -0.1) is 0 Å². The second-order valence-corrected chi connectivity index (χ2v) is 39.7. The lowest BCUT2D eigenvalue weighted by atomic mass is 9.30. The first-order valence-electron chi connectivity index (χ1n) is 44.7. The molecule has 126 heavy (non-hydrogen) atoms. The number of anilines is 15. The smallest absolute Gasteiger partial charge is 0.260 e. The lowest BCUT2D eigenvalue weighted by Gasteiger charge is -2.44. The topological polar surface area (TPSA) is 53.1 Å². The summed E-state index contributed by atoms with van der Waals surface area (Å²) < 4.78 is 31.5. The minimum absolute atomic E-state index is 0.194. The summed E-state index contributed by atoms with van der Waals surface area (Å²) in [5.74, 6) is 6.28. The van der Waals surface area contributed by atoms with Crippen molar-refractivity contribution in [3.05, 3.63) is 343 Å². The molecule has 21 rings (SSSR count). The van der Waals surface area contributed by atoms with Crippen LogP contribution in [-0.2, 0) is 10.8 Å². The molecular formula is C114H106B3N5O4. The maximum Gasteiger partial charge on any atom is 0.260 e. The molecule has 0 atom stereocenters. The van der Waals surface area contributed by atoms with Crippen molar-refractivity contribution in [1.82, 2.24) is 0 Å². The number of rotatable bonds is 11. The van der Waals surface area contributed by atoms with Crippen LogP contribution in [0.4, 0.5) is 85.3 Å². The number of hydrogen-bond acceptors (Lipinski definition) is 9. The Bertz CT molecular complexity index is 6540. The summed E-state index contributed by atoms with van der Waals surface area (Å²) in [6, 6.07) is 93.3. The van der Waals surface area contributed by atoms with E-state index in [0.29, 0.717) is 0 Å². The first-order valence-corrected chi connectivity index (χ1v) is 44.7. The van der Waals surface area contributed by atoms with E-state index in [0.717, 1.165) is 203 Å². The van der Waals surface area contributed by atoms with Gasteiger partial charge in [0.25, 0.3) is 20.1 Å². The number of fused-ring (bicyclic) bond motifs is 12. The van der Waals surface area contributed by atoms with Crippen molar-refractivity contribution in [3.63, 3.8) is 0 Å². The number of nitrogens with zero attached hydrogens (tertiary/aromatic N) is 5. The van der Waals surface area contributed by atoms with E-state index in [1.807, 2.05) is 0 Å². The zero-order valence-electron chi connectivity index (χ0n) is 76.7. The molecule has 6 aliphatic heterocycles. The normalized spacial score (nSPS) is 13.3. The second-order valence-electron chi connectivity index (χ2n) is 39.7. The van der Waals surface area contributed by atoms with Crippen LogP contribution < -0.4 is 92.6 Å². The van der Waals surface area contributed by atoms with Crippen LogP contribution in [0, 0.1) is 111 Å². The molecule has 0 bridgehead atoms. The van der Waals surface area contributed by atoms with Crippen LogP contribution in [0.2, 0.25) is 0 Å². The SMILES string of the molecule is Cc1cc(C)cc(N(c2cc(C)cc(C)c2)c2cc3c4c(c2)Oc2cc5c(cc2B4c2cc4c(cc2O3)N(c2cc(C)cc(C)c2)c2cc(N(c3cc(C)cc(C)c3)c3cc(C)cc(C)c3)cc3c2B4c2cc(C(C)(C)C)ccc2O3)B2c3cc(C(C)(C)C)ccc3Oc3cc(N(c4cc(C)cc(C)c4)c4cc(C)cc(C)c4)cc(c32)N5c2cc(C)cc(C)c2)c1. The van der Waals surface area contributed by atoms with Gasteiger partial charge >= 0.3 is 0 Å². The summed E-state index contributed by atoms with van der Waals surface area (Å²) in [7, 11) is 0. The van der Waals surface area contributed by atoms with Gasteiger partial charge in [0, 0.05) is 110 Å². The average molecular weight is 1640 g/mol. The average Bonchev–Trinajstić information content (AvgIpc) is 0.687. The minimum Gasteiger partial charge on any atom is -0.458 e. The van der Waals surface area contributed by atoms with Crippen molar-refractivity contribution in [2.24, 2.45) is 0 Å². The van der Waals surface area contributed by atoms with E-state index in [9.17, 15) is 0 Å². The first-order chi connectivity index (χ1) is 60.1. The molecule has 0 aliphatic carbocycles. The molecule has 12 heteroatoms. The Morgan fingerprint density at radius 3 is 0.690 bits per heavy atom. The summed E-state index contributed by atoms with van der Waals surface area (Å²) in [6.07, 6.45) is 0.